The van der Waals surface area contributed by atoms with Gasteiger partial charge >= 0.3 is 0 Å². The van der Waals surface area contributed by atoms with Gasteiger partial charge in [0.1, 0.15) is 11.6 Å². The van der Waals surface area contributed by atoms with Gasteiger partial charge in [0, 0.05) is 5.56 Å². The average Bonchev–Trinajstić information content (AvgIpc) is 2.53. The second-order valence-corrected chi connectivity index (χ2v) is 4.81. The molecule has 0 aliphatic heterocycles. The Labute approximate surface area is 127 Å². The monoisotopic (exact) mass is 298 g/mol. The Morgan fingerprint density at radius 1 is 1.27 bits per heavy atom. The van der Waals surface area contributed by atoms with E-state index < -0.39 is 17.6 Å². The van der Waals surface area contributed by atoms with Crippen LogP contribution in [0.25, 0.3) is 0 Å². The van der Waals surface area contributed by atoms with E-state index >= 15 is 0 Å². The number of nitrogens with two attached hydrogens (primary N) is 1. The van der Waals surface area contributed by atoms with E-state index in [1.807, 2.05) is 30.3 Å². The van der Waals surface area contributed by atoms with E-state index in [2.05, 4.69) is 6.07 Å². The molecule has 0 aromatic heterocycles. The summed E-state index contributed by atoms with van der Waals surface area (Å²) >= 11 is 0. The number of hydrogen-bond donors (Lipinski definition) is 1. The fraction of sp³-hybridized carbons (Fsp3) is 0.176. The molecule has 4 nitrogen and oxygen atoms in total. The van der Waals surface area contributed by atoms with Gasteiger partial charge in [0.15, 0.2) is 6.61 Å². The normalized spacial score (nSPS) is 11.5. The van der Waals surface area contributed by atoms with Gasteiger partial charge in [-0.15, -0.1) is 0 Å². The lowest BCUT2D eigenvalue weighted by Crippen LogP contribution is -2.20. The largest absolute Gasteiger partial charge is 0.484 e. The highest BCUT2D eigenvalue weighted by molar-refractivity contribution is 5.75. The molecule has 1 amide bonds. The Kier molecular flexibility index (Phi) is 5.10. The molecule has 1 atom stereocenters. The van der Waals surface area contributed by atoms with Crippen molar-refractivity contribution in [3.63, 3.8) is 0 Å². The lowest BCUT2D eigenvalue weighted by atomic mass is 9.92. The summed E-state index contributed by atoms with van der Waals surface area (Å²) in [6, 6.07) is 15.6. The number of benzene rings is 2. The molecule has 112 valence electrons. The summed E-state index contributed by atoms with van der Waals surface area (Å²) in [5, 5.41) is 9.34. The molecule has 2 aromatic carbocycles. The van der Waals surface area contributed by atoms with Gasteiger partial charge in [0.25, 0.3) is 5.91 Å². The molecule has 2 aromatic rings. The zero-order valence-electron chi connectivity index (χ0n) is 11.8. The topological polar surface area (TPSA) is 76.1 Å². The summed E-state index contributed by atoms with van der Waals surface area (Å²) in [7, 11) is 0. The first-order valence-corrected chi connectivity index (χ1v) is 6.74. The van der Waals surface area contributed by atoms with Crippen LogP contribution in [0.2, 0.25) is 0 Å². The van der Waals surface area contributed by atoms with Gasteiger partial charge in [-0.25, -0.2) is 4.39 Å². The van der Waals surface area contributed by atoms with E-state index in [0.717, 1.165) is 5.56 Å². The zero-order valence-corrected chi connectivity index (χ0v) is 11.8. The fourth-order valence-electron chi connectivity index (χ4n) is 2.11. The first-order chi connectivity index (χ1) is 10.6. The zero-order chi connectivity index (χ0) is 15.9. The van der Waals surface area contributed by atoms with E-state index in [-0.39, 0.29) is 12.2 Å². The minimum Gasteiger partial charge on any atom is -0.484 e. The molecule has 1 unspecified atom stereocenters. The minimum absolute atomic E-state index is 0.244. The summed E-state index contributed by atoms with van der Waals surface area (Å²) in [6.07, 6.45) is 0.396. The smallest absolute Gasteiger partial charge is 0.255 e. The Morgan fingerprint density at radius 2 is 2.00 bits per heavy atom. The Morgan fingerprint density at radius 3 is 2.64 bits per heavy atom. The van der Waals surface area contributed by atoms with Crippen LogP contribution in [0.15, 0.2) is 48.5 Å². The van der Waals surface area contributed by atoms with E-state index in [0.29, 0.717) is 12.2 Å². The molecule has 0 aliphatic rings. The molecule has 2 rings (SSSR count). The van der Waals surface area contributed by atoms with Gasteiger partial charge in [0.2, 0.25) is 0 Å². The third kappa shape index (κ3) is 4.06. The minimum atomic E-state index is -0.639. The molecule has 0 spiro atoms. The summed E-state index contributed by atoms with van der Waals surface area (Å²) in [4.78, 5) is 10.7. The van der Waals surface area contributed by atoms with Gasteiger partial charge in [-0.2, -0.15) is 5.26 Å². The molecule has 0 fully saturated rings. The highest BCUT2D eigenvalue weighted by Crippen LogP contribution is 2.26. The average molecular weight is 298 g/mol. The van der Waals surface area contributed by atoms with Crippen molar-refractivity contribution < 1.29 is 13.9 Å². The van der Waals surface area contributed by atoms with Crippen molar-refractivity contribution in [2.75, 3.05) is 6.61 Å². The van der Waals surface area contributed by atoms with Gasteiger partial charge in [-0.3, -0.25) is 4.79 Å². The van der Waals surface area contributed by atoms with Crippen LogP contribution in [0.3, 0.4) is 0 Å². The molecule has 0 saturated carbocycles. The van der Waals surface area contributed by atoms with Crippen molar-refractivity contribution in [3.05, 3.63) is 65.5 Å². The Bertz CT molecular complexity index is 696. The number of primary amides is 1. The van der Waals surface area contributed by atoms with Gasteiger partial charge in [-0.1, -0.05) is 30.3 Å². The number of rotatable bonds is 6. The first-order valence-electron chi connectivity index (χ1n) is 6.74. The van der Waals surface area contributed by atoms with Crippen molar-refractivity contribution >= 4 is 5.91 Å². The van der Waals surface area contributed by atoms with Crippen molar-refractivity contribution in [1.82, 2.24) is 0 Å². The van der Waals surface area contributed by atoms with Gasteiger partial charge < -0.3 is 10.5 Å². The van der Waals surface area contributed by atoms with E-state index in [9.17, 15) is 14.4 Å². The molecular weight excluding hydrogens is 283 g/mol. The van der Waals surface area contributed by atoms with Crippen LogP contribution < -0.4 is 10.5 Å². The maximum atomic E-state index is 14.0. The van der Waals surface area contributed by atoms with Gasteiger partial charge in [0.05, 0.1) is 12.0 Å². The second-order valence-electron chi connectivity index (χ2n) is 4.81. The second kappa shape index (κ2) is 7.23. The van der Waals surface area contributed by atoms with Crippen LogP contribution in [0.1, 0.15) is 17.0 Å². The predicted molar refractivity (Wildman–Crippen MR) is 79.6 cm³/mol. The standard InChI is InChI=1S/C17H15FN2O2/c18-16-7-6-14(22-11-17(20)21)9-15(16)13(10-19)8-12-4-2-1-3-5-12/h1-7,9,13H,8,11H2,(H2,20,21). The fourth-order valence-corrected chi connectivity index (χ4v) is 2.11. The molecule has 0 radical (unpaired) electrons. The number of hydrogen-bond acceptors (Lipinski definition) is 3. The highest BCUT2D eigenvalue weighted by atomic mass is 19.1. The van der Waals surface area contributed by atoms with Gasteiger partial charge in [-0.05, 0) is 30.2 Å². The molecule has 0 heterocycles. The Balaban J connectivity index is 2.22. The SMILES string of the molecule is N#CC(Cc1ccccc1)c1cc(OCC(N)=O)ccc1F. The van der Waals surface area contributed by atoms with Crippen LogP contribution in [-0.2, 0) is 11.2 Å². The number of amides is 1. The number of nitrogens with zero attached hydrogens (tertiary/aromatic N) is 1. The van der Waals surface area contributed by atoms with Crippen LogP contribution in [0, 0.1) is 17.1 Å². The number of halogens is 1. The van der Waals surface area contributed by atoms with E-state index in [4.69, 9.17) is 10.5 Å². The summed E-state index contributed by atoms with van der Waals surface area (Å²) in [6.45, 7) is -0.291. The van der Waals surface area contributed by atoms with Crippen molar-refractivity contribution in [2.45, 2.75) is 12.3 Å². The molecule has 0 saturated heterocycles. The van der Waals surface area contributed by atoms with Crippen LogP contribution in [0.5, 0.6) is 5.75 Å². The van der Waals surface area contributed by atoms with Crippen LogP contribution in [-0.4, -0.2) is 12.5 Å². The summed E-state index contributed by atoms with van der Waals surface area (Å²) in [5.41, 5.74) is 6.19. The predicted octanol–water partition coefficient (Wildman–Crippen LogP) is 2.54. The quantitative estimate of drug-likeness (QED) is 0.890. The highest BCUT2D eigenvalue weighted by Gasteiger charge is 2.17. The van der Waals surface area contributed by atoms with E-state index in [1.54, 1.807) is 0 Å². The van der Waals surface area contributed by atoms with Crippen molar-refractivity contribution in [1.29, 1.82) is 5.26 Å². The molecule has 5 heteroatoms. The maximum absolute atomic E-state index is 14.0. The maximum Gasteiger partial charge on any atom is 0.255 e. The molecule has 0 aliphatic carbocycles. The lowest BCUT2D eigenvalue weighted by Gasteiger charge is -2.13. The van der Waals surface area contributed by atoms with Crippen molar-refractivity contribution in [2.24, 2.45) is 5.73 Å². The molecule has 0 bridgehead atoms. The molecular formula is C17H15FN2O2. The van der Waals surface area contributed by atoms with Crippen molar-refractivity contribution in [3.8, 4) is 11.8 Å². The number of carbonyl (C=O) groups is 1. The first kappa shape index (κ1) is 15.5. The third-order valence-electron chi connectivity index (χ3n) is 3.16. The van der Waals surface area contributed by atoms with Crippen LogP contribution >= 0.6 is 0 Å². The molecule has 22 heavy (non-hydrogen) atoms. The number of ether oxygens (including phenoxy) is 1. The number of nitriles is 1. The summed E-state index contributed by atoms with van der Waals surface area (Å²) in [5.74, 6) is -1.43. The van der Waals surface area contributed by atoms with E-state index in [1.165, 1.54) is 18.2 Å². The van der Waals surface area contributed by atoms with Crippen LogP contribution in [0.4, 0.5) is 4.39 Å². The molecule has 2 N–H and O–H groups in total. The summed E-state index contributed by atoms with van der Waals surface area (Å²) < 4.78 is 19.2. The number of carbonyl (C=O) groups excluding carboxylic acids is 1. The Hall–Kier alpha value is -2.87. The third-order valence-corrected chi connectivity index (χ3v) is 3.16. The lowest BCUT2D eigenvalue weighted by molar-refractivity contribution is -0.119.